The topological polar surface area (TPSA) is 115 Å². The maximum atomic E-state index is 12.8. The van der Waals surface area contributed by atoms with Crippen LogP contribution in [0.5, 0.6) is 0 Å². The SMILES string of the molecule is CNC(=O)[C@@H]1CCCN1C(=O)CN1CCN(C(=O)Cc2csc(NC(=O)c3ccc(Cl)cc3)n2)CC1. The molecule has 192 valence electrons. The van der Waals surface area contributed by atoms with Crippen molar-refractivity contribution in [2.24, 2.45) is 0 Å². The second kappa shape index (κ2) is 11.8. The number of anilines is 1. The smallest absolute Gasteiger partial charge is 0.257 e. The molecule has 1 aromatic carbocycles. The molecule has 2 aliphatic rings. The van der Waals surface area contributed by atoms with Crippen molar-refractivity contribution < 1.29 is 19.2 Å². The third-order valence-corrected chi connectivity index (χ3v) is 7.48. The molecule has 1 atom stereocenters. The molecule has 0 bridgehead atoms. The average Bonchev–Trinajstić information content (AvgIpc) is 3.54. The van der Waals surface area contributed by atoms with E-state index in [9.17, 15) is 19.2 Å². The minimum atomic E-state index is -0.385. The summed E-state index contributed by atoms with van der Waals surface area (Å²) in [5.41, 5.74) is 1.07. The maximum Gasteiger partial charge on any atom is 0.257 e. The number of nitrogens with zero attached hydrogens (tertiary/aromatic N) is 4. The van der Waals surface area contributed by atoms with Gasteiger partial charge in [0.15, 0.2) is 5.13 Å². The first-order valence-electron chi connectivity index (χ1n) is 11.9. The number of rotatable bonds is 7. The van der Waals surface area contributed by atoms with Gasteiger partial charge in [0.05, 0.1) is 18.7 Å². The van der Waals surface area contributed by atoms with E-state index in [4.69, 9.17) is 11.6 Å². The summed E-state index contributed by atoms with van der Waals surface area (Å²) < 4.78 is 0. The molecule has 3 heterocycles. The maximum absolute atomic E-state index is 12.8. The van der Waals surface area contributed by atoms with Crippen molar-refractivity contribution in [2.75, 3.05) is 51.6 Å². The van der Waals surface area contributed by atoms with Crippen molar-refractivity contribution in [2.45, 2.75) is 25.3 Å². The van der Waals surface area contributed by atoms with Crippen molar-refractivity contribution in [3.8, 4) is 0 Å². The summed E-state index contributed by atoms with van der Waals surface area (Å²) in [4.78, 5) is 59.8. The van der Waals surface area contributed by atoms with E-state index in [1.54, 1.807) is 46.5 Å². The molecule has 4 rings (SSSR count). The van der Waals surface area contributed by atoms with Crippen molar-refractivity contribution in [1.29, 1.82) is 0 Å². The first kappa shape index (κ1) is 26.1. The number of benzene rings is 1. The Morgan fingerprint density at radius 1 is 1.06 bits per heavy atom. The number of nitrogens with one attached hydrogen (secondary N) is 2. The van der Waals surface area contributed by atoms with Gasteiger partial charge in [-0.3, -0.25) is 29.4 Å². The zero-order valence-corrected chi connectivity index (χ0v) is 21.6. The molecule has 2 aromatic rings. The number of hydrogen-bond donors (Lipinski definition) is 2. The molecule has 4 amide bonds. The summed E-state index contributed by atoms with van der Waals surface area (Å²) in [6.45, 7) is 3.08. The van der Waals surface area contributed by atoms with E-state index in [0.717, 1.165) is 6.42 Å². The predicted octanol–water partition coefficient (Wildman–Crippen LogP) is 1.47. The zero-order valence-electron chi connectivity index (χ0n) is 20.0. The number of thiazole rings is 1. The molecule has 0 spiro atoms. The number of likely N-dealkylation sites (tertiary alicyclic amines) is 1. The van der Waals surface area contributed by atoms with E-state index in [-0.39, 0.29) is 42.6 Å². The van der Waals surface area contributed by atoms with Crippen LogP contribution in [-0.2, 0) is 20.8 Å². The lowest BCUT2D eigenvalue weighted by atomic mass is 10.2. The average molecular weight is 533 g/mol. The Labute approximate surface area is 218 Å². The van der Waals surface area contributed by atoms with Gasteiger partial charge in [-0.2, -0.15) is 0 Å². The number of carbonyl (C=O) groups is 4. The standard InChI is InChI=1S/C24H29ClN6O4S/c1-26-23(35)19-3-2-8-31(19)21(33)14-29-9-11-30(12-10-29)20(32)13-18-15-36-24(27-18)28-22(34)16-4-6-17(25)7-5-16/h4-7,15,19H,2-3,8-14H2,1H3,(H,26,35)(H,27,28,34)/t19-/m0/s1. The lowest BCUT2D eigenvalue weighted by Crippen LogP contribution is -2.53. The molecule has 12 heteroatoms. The van der Waals surface area contributed by atoms with Gasteiger partial charge in [-0.15, -0.1) is 11.3 Å². The van der Waals surface area contributed by atoms with E-state index >= 15 is 0 Å². The van der Waals surface area contributed by atoms with Crippen LogP contribution < -0.4 is 10.6 Å². The summed E-state index contributed by atoms with van der Waals surface area (Å²) in [6.07, 6.45) is 1.67. The van der Waals surface area contributed by atoms with Crippen LogP contribution in [0.3, 0.4) is 0 Å². The van der Waals surface area contributed by atoms with E-state index in [2.05, 4.69) is 15.6 Å². The first-order valence-corrected chi connectivity index (χ1v) is 13.1. The van der Waals surface area contributed by atoms with Gasteiger partial charge in [0, 0.05) is 55.7 Å². The molecular weight excluding hydrogens is 504 g/mol. The second-order valence-corrected chi connectivity index (χ2v) is 10.1. The number of halogens is 1. The quantitative estimate of drug-likeness (QED) is 0.558. The van der Waals surface area contributed by atoms with Gasteiger partial charge in [0.1, 0.15) is 6.04 Å². The van der Waals surface area contributed by atoms with Crippen molar-refractivity contribution in [3.63, 3.8) is 0 Å². The number of amides is 4. The van der Waals surface area contributed by atoms with Gasteiger partial charge >= 0.3 is 0 Å². The van der Waals surface area contributed by atoms with Gasteiger partial charge in [-0.05, 0) is 37.1 Å². The third-order valence-electron chi connectivity index (χ3n) is 6.42. The Morgan fingerprint density at radius 3 is 2.47 bits per heavy atom. The largest absolute Gasteiger partial charge is 0.357 e. The van der Waals surface area contributed by atoms with Gasteiger partial charge in [0.25, 0.3) is 5.91 Å². The minimum Gasteiger partial charge on any atom is -0.357 e. The number of hydrogen-bond acceptors (Lipinski definition) is 7. The molecule has 0 unspecified atom stereocenters. The van der Waals surface area contributed by atoms with Crippen molar-refractivity contribution in [1.82, 2.24) is 25.0 Å². The van der Waals surface area contributed by atoms with Crippen molar-refractivity contribution >= 4 is 51.7 Å². The summed E-state index contributed by atoms with van der Waals surface area (Å²) in [5, 5.41) is 8.13. The predicted molar refractivity (Wildman–Crippen MR) is 137 cm³/mol. The van der Waals surface area contributed by atoms with E-state index in [1.165, 1.54) is 11.3 Å². The fourth-order valence-corrected chi connectivity index (χ4v) is 5.26. The van der Waals surface area contributed by atoms with Gasteiger partial charge in [-0.1, -0.05) is 11.6 Å². The van der Waals surface area contributed by atoms with Crippen LogP contribution >= 0.6 is 22.9 Å². The first-order chi connectivity index (χ1) is 17.3. The van der Waals surface area contributed by atoms with Gasteiger partial charge in [0.2, 0.25) is 17.7 Å². The summed E-state index contributed by atoms with van der Waals surface area (Å²) in [7, 11) is 1.59. The second-order valence-electron chi connectivity index (χ2n) is 8.80. The molecule has 1 aromatic heterocycles. The van der Waals surface area contributed by atoms with Gasteiger partial charge < -0.3 is 15.1 Å². The highest BCUT2D eigenvalue weighted by atomic mass is 35.5. The molecule has 2 fully saturated rings. The van der Waals surface area contributed by atoms with E-state index < -0.39 is 0 Å². The third kappa shape index (κ3) is 6.40. The van der Waals surface area contributed by atoms with Crippen LogP contribution in [0.1, 0.15) is 28.9 Å². The molecule has 2 aliphatic heterocycles. The fourth-order valence-electron chi connectivity index (χ4n) is 4.42. The lowest BCUT2D eigenvalue weighted by Gasteiger charge is -2.35. The summed E-state index contributed by atoms with van der Waals surface area (Å²) >= 11 is 7.13. The Kier molecular flexibility index (Phi) is 8.55. The fraction of sp³-hybridized carbons (Fsp3) is 0.458. The normalized spacial score (nSPS) is 18.2. The van der Waals surface area contributed by atoms with Crippen molar-refractivity contribution in [3.05, 3.63) is 45.9 Å². The zero-order chi connectivity index (χ0) is 25.7. The molecule has 36 heavy (non-hydrogen) atoms. The number of piperazine rings is 1. The summed E-state index contributed by atoms with van der Waals surface area (Å²) in [6, 6.07) is 6.17. The molecule has 10 nitrogen and oxygen atoms in total. The highest BCUT2D eigenvalue weighted by Crippen LogP contribution is 2.20. The van der Waals surface area contributed by atoms with E-state index in [0.29, 0.717) is 60.6 Å². The van der Waals surface area contributed by atoms with Crippen LogP contribution in [-0.4, -0.2) is 95.7 Å². The number of aromatic nitrogens is 1. The molecule has 2 saturated heterocycles. The molecule has 2 N–H and O–H groups in total. The molecule has 0 aliphatic carbocycles. The van der Waals surface area contributed by atoms with Crippen LogP contribution in [0.15, 0.2) is 29.6 Å². The Bertz CT molecular complexity index is 1120. The van der Waals surface area contributed by atoms with Crippen LogP contribution in [0.25, 0.3) is 0 Å². The number of carbonyl (C=O) groups excluding carboxylic acids is 4. The molecule has 0 saturated carbocycles. The van der Waals surface area contributed by atoms with Crippen LogP contribution in [0.2, 0.25) is 5.02 Å². The number of likely N-dealkylation sites (N-methyl/N-ethyl adjacent to an activating group) is 1. The Balaban J connectivity index is 1.22. The summed E-state index contributed by atoms with van der Waals surface area (Å²) in [5.74, 6) is -0.497. The molecular formula is C24H29ClN6O4S. The Hall–Kier alpha value is -3.02. The van der Waals surface area contributed by atoms with Gasteiger partial charge in [-0.25, -0.2) is 4.98 Å². The van der Waals surface area contributed by atoms with Crippen LogP contribution in [0.4, 0.5) is 5.13 Å². The van der Waals surface area contributed by atoms with E-state index in [1.807, 2.05) is 4.90 Å². The highest BCUT2D eigenvalue weighted by Gasteiger charge is 2.34. The monoisotopic (exact) mass is 532 g/mol. The molecule has 0 radical (unpaired) electrons. The van der Waals surface area contributed by atoms with Crippen LogP contribution in [0, 0.1) is 0 Å². The minimum absolute atomic E-state index is 0.0407. The Morgan fingerprint density at radius 2 is 1.78 bits per heavy atom. The highest BCUT2D eigenvalue weighted by molar-refractivity contribution is 7.14. The lowest BCUT2D eigenvalue weighted by molar-refractivity contribution is -0.140.